The Balaban J connectivity index is 2.13. The largest absolute Gasteiger partial charge is 0.383 e. The molecule has 10 heteroatoms. The molecule has 0 bridgehead atoms. The molecule has 0 aliphatic heterocycles. The summed E-state index contributed by atoms with van der Waals surface area (Å²) < 4.78 is 27.8. The first-order valence-corrected chi connectivity index (χ1v) is 10.3. The van der Waals surface area contributed by atoms with Crippen LogP contribution in [0.25, 0.3) is 11.1 Å². The molecule has 0 fully saturated rings. The Morgan fingerprint density at radius 1 is 1.00 bits per heavy atom. The lowest BCUT2D eigenvalue weighted by atomic mass is 10.0. The highest BCUT2D eigenvalue weighted by Gasteiger charge is 2.21. The van der Waals surface area contributed by atoms with E-state index in [0.29, 0.717) is 16.1 Å². The summed E-state index contributed by atoms with van der Waals surface area (Å²) in [4.78, 5) is 3.75. The van der Waals surface area contributed by atoms with Gasteiger partial charge in [-0.3, -0.25) is 4.72 Å². The Labute approximate surface area is 176 Å². The van der Waals surface area contributed by atoms with E-state index in [0.717, 1.165) is 0 Å². The number of hydrogen-bond donors (Lipinski definition) is 2. The maximum Gasteiger partial charge on any atom is 0.264 e. The number of nitriles is 1. The van der Waals surface area contributed by atoms with E-state index in [1.807, 2.05) is 6.07 Å². The first kappa shape index (κ1) is 20.2. The summed E-state index contributed by atoms with van der Waals surface area (Å²) in [6.45, 7) is 0. The zero-order valence-electron chi connectivity index (χ0n) is 13.9. The van der Waals surface area contributed by atoms with Gasteiger partial charge in [0.2, 0.25) is 0 Å². The highest BCUT2D eigenvalue weighted by Crippen LogP contribution is 2.34. The number of halogens is 3. The Morgan fingerprint density at radius 2 is 1.71 bits per heavy atom. The summed E-state index contributed by atoms with van der Waals surface area (Å²) in [5.74, 6) is -0.239. The molecule has 0 amide bonds. The van der Waals surface area contributed by atoms with Crippen molar-refractivity contribution in [3.05, 3.63) is 69.2 Å². The van der Waals surface area contributed by atoms with E-state index < -0.39 is 10.0 Å². The van der Waals surface area contributed by atoms with Crippen molar-refractivity contribution in [3.63, 3.8) is 0 Å². The lowest BCUT2D eigenvalue weighted by Crippen LogP contribution is -2.15. The van der Waals surface area contributed by atoms with Crippen LogP contribution in [0.2, 0.25) is 15.1 Å². The molecule has 1 aromatic heterocycles. The summed E-state index contributed by atoms with van der Waals surface area (Å²) in [5.41, 5.74) is 6.81. The summed E-state index contributed by atoms with van der Waals surface area (Å²) in [6, 6.07) is 14.2. The molecule has 3 N–H and O–H groups in total. The number of hydrogen-bond acceptors (Lipinski definition) is 5. The van der Waals surface area contributed by atoms with Gasteiger partial charge in [0, 0.05) is 21.2 Å². The van der Waals surface area contributed by atoms with Crippen LogP contribution in [0.5, 0.6) is 0 Å². The van der Waals surface area contributed by atoms with E-state index in [2.05, 4.69) is 9.71 Å². The Bertz CT molecular complexity index is 1220. The third-order valence-electron chi connectivity index (χ3n) is 3.74. The van der Waals surface area contributed by atoms with Crippen LogP contribution < -0.4 is 10.5 Å². The van der Waals surface area contributed by atoms with E-state index >= 15 is 0 Å². The third-order valence-corrected chi connectivity index (χ3v) is 6.15. The molecule has 0 aliphatic rings. The van der Waals surface area contributed by atoms with Crippen molar-refractivity contribution in [1.29, 1.82) is 5.26 Å². The van der Waals surface area contributed by atoms with Crippen molar-refractivity contribution >= 4 is 56.5 Å². The minimum absolute atomic E-state index is 0.00940. The molecular weight excluding hydrogens is 443 g/mol. The van der Waals surface area contributed by atoms with Gasteiger partial charge in [0.25, 0.3) is 10.0 Å². The monoisotopic (exact) mass is 452 g/mol. The standard InChI is InChI=1S/C18H11Cl3N4O2S/c19-10-5-6-15(21)16(7-10)28(26,27)25-17-8-12(13(9-22)18(23)24-17)11-3-1-2-4-14(11)20/h1-8H,(H3,23,24,25). The number of rotatable bonds is 4. The van der Waals surface area contributed by atoms with E-state index in [1.165, 1.54) is 24.3 Å². The van der Waals surface area contributed by atoms with Crippen molar-refractivity contribution in [2.75, 3.05) is 10.5 Å². The minimum Gasteiger partial charge on any atom is -0.383 e. The Hall–Kier alpha value is -2.50. The normalized spacial score (nSPS) is 11.1. The topological polar surface area (TPSA) is 109 Å². The second-order valence-corrected chi connectivity index (χ2v) is 8.49. The second kappa shape index (κ2) is 7.86. The smallest absolute Gasteiger partial charge is 0.264 e. The highest BCUT2D eigenvalue weighted by molar-refractivity contribution is 7.92. The van der Waals surface area contributed by atoms with Gasteiger partial charge in [0.1, 0.15) is 28.2 Å². The number of pyridine rings is 1. The zero-order valence-corrected chi connectivity index (χ0v) is 17.0. The molecule has 6 nitrogen and oxygen atoms in total. The number of aromatic nitrogens is 1. The number of sulfonamides is 1. The molecular formula is C18H11Cl3N4O2S. The molecule has 0 atom stereocenters. The molecule has 3 aromatic rings. The summed E-state index contributed by atoms with van der Waals surface area (Å²) in [5, 5.41) is 10.0. The summed E-state index contributed by atoms with van der Waals surface area (Å²) in [6.07, 6.45) is 0. The Kier molecular flexibility index (Phi) is 5.68. The van der Waals surface area contributed by atoms with Gasteiger partial charge in [-0.1, -0.05) is 53.0 Å². The predicted molar refractivity (Wildman–Crippen MR) is 111 cm³/mol. The molecule has 2 aromatic carbocycles. The van der Waals surface area contributed by atoms with Gasteiger partial charge >= 0.3 is 0 Å². The average Bonchev–Trinajstić information content (AvgIpc) is 2.63. The van der Waals surface area contributed by atoms with Gasteiger partial charge in [-0.15, -0.1) is 0 Å². The van der Waals surface area contributed by atoms with Crippen LogP contribution >= 0.6 is 34.8 Å². The molecule has 28 heavy (non-hydrogen) atoms. The van der Waals surface area contributed by atoms with E-state index in [-0.39, 0.29) is 32.1 Å². The molecule has 0 radical (unpaired) electrons. The highest BCUT2D eigenvalue weighted by atomic mass is 35.5. The van der Waals surface area contributed by atoms with Crippen molar-refractivity contribution in [2.45, 2.75) is 4.90 Å². The maximum atomic E-state index is 12.7. The van der Waals surface area contributed by atoms with E-state index in [1.54, 1.807) is 24.3 Å². The van der Waals surface area contributed by atoms with Crippen LogP contribution in [0.15, 0.2) is 53.4 Å². The van der Waals surface area contributed by atoms with Crippen LogP contribution in [0.1, 0.15) is 5.56 Å². The van der Waals surface area contributed by atoms with Gasteiger partial charge in [0.05, 0.1) is 5.02 Å². The fraction of sp³-hybridized carbons (Fsp3) is 0. The van der Waals surface area contributed by atoms with Gasteiger partial charge in [-0.25, -0.2) is 13.4 Å². The van der Waals surface area contributed by atoms with Crippen molar-refractivity contribution in [3.8, 4) is 17.2 Å². The number of nitrogen functional groups attached to an aromatic ring is 1. The molecule has 142 valence electrons. The predicted octanol–water partition coefficient (Wildman–Crippen LogP) is 4.96. The van der Waals surface area contributed by atoms with Crippen molar-refractivity contribution < 1.29 is 8.42 Å². The van der Waals surface area contributed by atoms with Gasteiger partial charge in [0.15, 0.2) is 0 Å². The molecule has 1 heterocycles. The van der Waals surface area contributed by atoms with Crippen LogP contribution in [-0.2, 0) is 10.0 Å². The van der Waals surface area contributed by atoms with Gasteiger partial charge < -0.3 is 5.73 Å². The minimum atomic E-state index is -4.11. The molecule has 3 rings (SSSR count). The van der Waals surface area contributed by atoms with Gasteiger partial charge in [-0.05, 0) is 30.3 Å². The van der Waals surface area contributed by atoms with E-state index in [9.17, 15) is 13.7 Å². The maximum absolute atomic E-state index is 12.7. The molecule has 0 spiro atoms. The quantitative estimate of drug-likeness (QED) is 0.580. The molecule has 0 unspecified atom stereocenters. The van der Waals surface area contributed by atoms with Crippen molar-refractivity contribution in [2.24, 2.45) is 0 Å². The average molecular weight is 454 g/mol. The molecule has 0 aliphatic carbocycles. The van der Waals surface area contributed by atoms with Crippen LogP contribution in [-0.4, -0.2) is 13.4 Å². The Morgan fingerprint density at radius 3 is 2.39 bits per heavy atom. The fourth-order valence-electron chi connectivity index (χ4n) is 2.50. The lowest BCUT2D eigenvalue weighted by Gasteiger charge is -2.13. The molecule has 0 saturated carbocycles. The number of nitrogens with zero attached hydrogens (tertiary/aromatic N) is 2. The number of nitrogens with one attached hydrogen (secondary N) is 1. The lowest BCUT2D eigenvalue weighted by molar-refractivity contribution is 0.601. The second-order valence-electron chi connectivity index (χ2n) is 5.59. The fourth-order valence-corrected chi connectivity index (χ4v) is 4.50. The van der Waals surface area contributed by atoms with E-state index in [4.69, 9.17) is 40.5 Å². The third kappa shape index (κ3) is 4.01. The first-order chi connectivity index (χ1) is 13.2. The summed E-state index contributed by atoms with van der Waals surface area (Å²) >= 11 is 18.1. The van der Waals surface area contributed by atoms with Crippen molar-refractivity contribution in [1.82, 2.24) is 4.98 Å². The summed E-state index contributed by atoms with van der Waals surface area (Å²) in [7, 11) is -4.11. The molecule has 0 saturated heterocycles. The SMILES string of the molecule is N#Cc1c(-c2ccccc2Cl)cc(NS(=O)(=O)c2cc(Cl)ccc2Cl)nc1N. The number of benzene rings is 2. The number of nitrogens with two attached hydrogens (primary N) is 1. The number of anilines is 2. The van der Waals surface area contributed by atoms with Crippen LogP contribution in [0.4, 0.5) is 11.6 Å². The zero-order chi connectivity index (χ0) is 20.5. The van der Waals surface area contributed by atoms with Gasteiger partial charge in [-0.2, -0.15) is 5.26 Å². The van der Waals surface area contributed by atoms with Crippen LogP contribution in [0, 0.1) is 11.3 Å². The first-order valence-electron chi connectivity index (χ1n) is 7.66. The van der Waals surface area contributed by atoms with Crippen LogP contribution in [0.3, 0.4) is 0 Å².